The van der Waals surface area contributed by atoms with Gasteiger partial charge < -0.3 is 19.1 Å². The quantitative estimate of drug-likeness (QED) is 0.0275. The average Bonchev–Trinajstić information content (AvgIpc) is 3.09. The zero-order valence-corrected chi connectivity index (χ0v) is 33.2. The summed E-state index contributed by atoms with van der Waals surface area (Å²) in [7, 11) is 3.92. The molecule has 0 saturated carbocycles. The molecule has 0 radical (unpaired) electrons. The van der Waals surface area contributed by atoms with E-state index in [9.17, 15) is 14.4 Å². The first-order valence-corrected chi connectivity index (χ1v) is 20.8. The standard InChI is InChI=1S/C43H79NO6/c1-5-7-9-11-13-15-17-19-20-22-24-26-28-30-32-35-43(47)50-40(39-49-42(46)36-33-37-44(3)4)38-48-41(45)34-31-29-27-25-23-21-18-16-14-12-10-8-6-2/h13,15,19-20,40H,5-12,14,16-18,21-39H2,1-4H3/b15-13-,20-19-/t40-/m0/s1. The Morgan fingerprint density at radius 2 is 0.860 bits per heavy atom. The number of hydrogen-bond donors (Lipinski definition) is 0. The van der Waals surface area contributed by atoms with E-state index in [-0.39, 0.29) is 31.1 Å². The summed E-state index contributed by atoms with van der Waals surface area (Å²) in [5.41, 5.74) is 0. The van der Waals surface area contributed by atoms with Crippen molar-refractivity contribution in [3.63, 3.8) is 0 Å². The highest BCUT2D eigenvalue weighted by Crippen LogP contribution is 2.14. The van der Waals surface area contributed by atoms with E-state index in [1.54, 1.807) is 0 Å². The molecule has 1 atom stereocenters. The molecule has 0 spiro atoms. The summed E-state index contributed by atoms with van der Waals surface area (Å²) >= 11 is 0. The first kappa shape index (κ1) is 47.8. The number of esters is 3. The Bertz CT molecular complexity index is 839. The monoisotopic (exact) mass is 706 g/mol. The van der Waals surface area contributed by atoms with Gasteiger partial charge in [-0.1, -0.05) is 147 Å². The molecule has 292 valence electrons. The van der Waals surface area contributed by atoms with Crippen LogP contribution in [0.4, 0.5) is 0 Å². The van der Waals surface area contributed by atoms with Crippen LogP contribution in [0.1, 0.15) is 194 Å². The van der Waals surface area contributed by atoms with Gasteiger partial charge in [-0.25, -0.2) is 0 Å². The summed E-state index contributed by atoms with van der Waals surface area (Å²) in [5, 5.41) is 0. The van der Waals surface area contributed by atoms with Gasteiger partial charge in [-0.05, 0) is 72.0 Å². The zero-order valence-electron chi connectivity index (χ0n) is 33.2. The molecule has 7 heteroatoms. The summed E-state index contributed by atoms with van der Waals surface area (Å²) < 4.78 is 16.5. The van der Waals surface area contributed by atoms with Crippen LogP contribution in [0.3, 0.4) is 0 Å². The molecule has 7 nitrogen and oxygen atoms in total. The second-order valence-electron chi connectivity index (χ2n) is 14.4. The lowest BCUT2D eigenvalue weighted by Crippen LogP contribution is -2.31. The van der Waals surface area contributed by atoms with Gasteiger partial charge in [0.15, 0.2) is 6.10 Å². The van der Waals surface area contributed by atoms with Crippen molar-refractivity contribution in [2.75, 3.05) is 33.9 Å². The third kappa shape index (κ3) is 37.1. The lowest BCUT2D eigenvalue weighted by molar-refractivity contribution is -0.167. The SMILES string of the molecule is CCCCC/C=C\C/C=C\CCCCCCCC(=O)O[C@@H](COC(=O)CCCCCCCCCCCCCCC)COC(=O)CCCN(C)C. The van der Waals surface area contributed by atoms with Gasteiger partial charge >= 0.3 is 17.9 Å². The summed E-state index contributed by atoms with van der Waals surface area (Å²) in [6.07, 6.45) is 38.5. The van der Waals surface area contributed by atoms with Crippen LogP contribution < -0.4 is 0 Å². The summed E-state index contributed by atoms with van der Waals surface area (Å²) in [6.45, 7) is 5.10. The predicted octanol–water partition coefficient (Wildman–Crippen LogP) is 11.6. The van der Waals surface area contributed by atoms with Crippen molar-refractivity contribution in [2.24, 2.45) is 0 Å². The fourth-order valence-electron chi connectivity index (χ4n) is 5.78. The van der Waals surface area contributed by atoms with E-state index >= 15 is 0 Å². The molecule has 0 N–H and O–H groups in total. The maximum Gasteiger partial charge on any atom is 0.306 e. The minimum atomic E-state index is -0.783. The van der Waals surface area contributed by atoms with Crippen LogP contribution in [0.25, 0.3) is 0 Å². The maximum atomic E-state index is 12.6. The van der Waals surface area contributed by atoms with Gasteiger partial charge in [0, 0.05) is 19.3 Å². The smallest absolute Gasteiger partial charge is 0.306 e. The number of hydrogen-bond acceptors (Lipinski definition) is 7. The topological polar surface area (TPSA) is 82.1 Å². The fraction of sp³-hybridized carbons (Fsp3) is 0.837. The summed E-state index contributed by atoms with van der Waals surface area (Å²) in [4.78, 5) is 39.3. The third-order valence-electron chi connectivity index (χ3n) is 8.96. The molecule has 0 rings (SSSR count). The number of allylic oxidation sites excluding steroid dienone is 4. The molecule has 0 unspecified atom stereocenters. The van der Waals surface area contributed by atoms with E-state index in [1.165, 1.54) is 89.9 Å². The second kappa shape index (κ2) is 38.1. The van der Waals surface area contributed by atoms with E-state index in [1.807, 2.05) is 19.0 Å². The van der Waals surface area contributed by atoms with Gasteiger partial charge in [0.05, 0.1) is 0 Å². The number of ether oxygens (including phenoxy) is 3. The minimum Gasteiger partial charge on any atom is -0.462 e. The molecule has 0 aliphatic heterocycles. The molecule has 0 fully saturated rings. The van der Waals surface area contributed by atoms with Crippen molar-refractivity contribution in [1.82, 2.24) is 4.90 Å². The van der Waals surface area contributed by atoms with Crippen molar-refractivity contribution in [3.05, 3.63) is 24.3 Å². The van der Waals surface area contributed by atoms with Crippen molar-refractivity contribution >= 4 is 17.9 Å². The molecule has 0 aromatic carbocycles. The van der Waals surface area contributed by atoms with E-state index in [4.69, 9.17) is 14.2 Å². The second-order valence-corrected chi connectivity index (χ2v) is 14.4. The number of carbonyl (C=O) groups excluding carboxylic acids is 3. The lowest BCUT2D eigenvalue weighted by Gasteiger charge is -2.18. The average molecular weight is 706 g/mol. The first-order chi connectivity index (χ1) is 24.4. The highest BCUT2D eigenvalue weighted by Gasteiger charge is 2.19. The van der Waals surface area contributed by atoms with Crippen molar-refractivity contribution in [1.29, 1.82) is 0 Å². The number of carbonyl (C=O) groups is 3. The first-order valence-electron chi connectivity index (χ1n) is 20.8. The van der Waals surface area contributed by atoms with Crippen LogP contribution in [-0.2, 0) is 28.6 Å². The molecule has 0 amide bonds. The molecule has 0 aromatic heterocycles. The normalized spacial score (nSPS) is 12.3. The molecule has 0 aliphatic rings. The summed E-state index contributed by atoms with van der Waals surface area (Å²) in [5.74, 6) is -0.961. The maximum absolute atomic E-state index is 12.6. The van der Waals surface area contributed by atoms with Crippen LogP contribution in [0.5, 0.6) is 0 Å². The van der Waals surface area contributed by atoms with Gasteiger partial charge in [0.25, 0.3) is 0 Å². The van der Waals surface area contributed by atoms with E-state index in [0.29, 0.717) is 25.7 Å². The third-order valence-corrected chi connectivity index (χ3v) is 8.96. The summed E-state index contributed by atoms with van der Waals surface area (Å²) in [6, 6.07) is 0. The number of rotatable bonds is 37. The van der Waals surface area contributed by atoms with E-state index in [0.717, 1.165) is 70.8 Å². The Labute approximate surface area is 308 Å². The zero-order chi connectivity index (χ0) is 36.8. The van der Waals surface area contributed by atoms with Gasteiger partial charge in [0.2, 0.25) is 0 Å². The molecule has 50 heavy (non-hydrogen) atoms. The Hall–Kier alpha value is -2.15. The van der Waals surface area contributed by atoms with Crippen molar-refractivity contribution < 1.29 is 28.6 Å². The largest absolute Gasteiger partial charge is 0.462 e. The van der Waals surface area contributed by atoms with Gasteiger partial charge in [-0.15, -0.1) is 0 Å². The van der Waals surface area contributed by atoms with Crippen LogP contribution in [0.15, 0.2) is 24.3 Å². The number of unbranched alkanes of at least 4 members (excludes halogenated alkanes) is 20. The van der Waals surface area contributed by atoms with Crippen molar-refractivity contribution in [2.45, 2.75) is 200 Å². The highest BCUT2D eigenvalue weighted by atomic mass is 16.6. The molecular formula is C43H79NO6. The molecule has 0 saturated heterocycles. The Kier molecular flexibility index (Phi) is 36.5. The Balaban J connectivity index is 4.23. The predicted molar refractivity (Wildman–Crippen MR) is 209 cm³/mol. The van der Waals surface area contributed by atoms with Crippen LogP contribution in [0, 0.1) is 0 Å². The number of nitrogens with zero attached hydrogens (tertiary/aromatic N) is 1. The van der Waals surface area contributed by atoms with Gasteiger partial charge in [0.1, 0.15) is 13.2 Å². The molecule has 0 heterocycles. The fourth-order valence-corrected chi connectivity index (χ4v) is 5.78. The lowest BCUT2D eigenvalue weighted by atomic mass is 10.0. The van der Waals surface area contributed by atoms with Gasteiger partial charge in [-0.3, -0.25) is 14.4 Å². The Morgan fingerprint density at radius 1 is 0.480 bits per heavy atom. The van der Waals surface area contributed by atoms with Crippen LogP contribution >= 0.6 is 0 Å². The Morgan fingerprint density at radius 3 is 1.34 bits per heavy atom. The minimum absolute atomic E-state index is 0.0871. The van der Waals surface area contributed by atoms with Crippen LogP contribution in [-0.4, -0.2) is 62.8 Å². The van der Waals surface area contributed by atoms with Crippen LogP contribution in [0.2, 0.25) is 0 Å². The molecular weight excluding hydrogens is 626 g/mol. The molecule has 0 aromatic rings. The highest BCUT2D eigenvalue weighted by molar-refractivity contribution is 5.71. The van der Waals surface area contributed by atoms with Gasteiger partial charge in [-0.2, -0.15) is 0 Å². The van der Waals surface area contributed by atoms with E-state index < -0.39 is 6.10 Å². The molecule has 0 bridgehead atoms. The van der Waals surface area contributed by atoms with Crippen molar-refractivity contribution in [3.8, 4) is 0 Å². The molecule has 0 aliphatic carbocycles. The van der Waals surface area contributed by atoms with E-state index in [2.05, 4.69) is 38.2 Å².